The lowest BCUT2D eigenvalue weighted by atomic mass is 9.87. The summed E-state index contributed by atoms with van der Waals surface area (Å²) in [5, 5.41) is 21.8. The maximum atomic E-state index is 12.8. The first-order valence-corrected chi connectivity index (χ1v) is 15.9. The molecular weight excluding hydrogens is 610 g/mol. The number of nitrogens with one attached hydrogen (secondary N) is 1. The van der Waals surface area contributed by atoms with Gasteiger partial charge in [-0.15, -0.1) is 5.10 Å². The smallest absolute Gasteiger partial charge is 0.337 e. The number of hydrogen-bond acceptors (Lipinski definition) is 12. The third kappa shape index (κ3) is 8.89. The van der Waals surface area contributed by atoms with Gasteiger partial charge in [-0.25, -0.2) is 9.78 Å². The molecule has 3 fully saturated rings. The Kier molecular flexibility index (Phi) is 10.8. The number of amides is 1. The number of nitrogens with zero attached hydrogens (tertiary/aromatic N) is 4. The van der Waals surface area contributed by atoms with Crippen LogP contribution < -0.4 is 10.2 Å². The monoisotopic (exact) mass is 653 g/mol. The molecule has 0 radical (unpaired) electrons. The van der Waals surface area contributed by atoms with Crippen LogP contribution in [0.25, 0.3) is 11.2 Å². The van der Waals surface area contributed by atoms with E-state index in [-0.39, 0.29) is 36.5 Å². The van der Waals surface area contributed by atoms with Gasteiger partial charge in [0.05, 0.1) is 37.4 Å². The molecule has 0 saturated carbocycles. The molecule has 5 heterocycles. The molecule has 0 bridgehead atoms. The minimum atomic E-state index is -0.878. The lowest BCUT2D eigenvalue weighted by Gasteiger charge is -2.39. The highest BCUT2D eigenvalue weighted by atomic mass is 16.7. The number of epoxide rings is 1. The van der Waals surface area contributed by atoms with Crippen LogP contribution in [-0.2, 0) is 33.3 Å². The van der Waals surface area contributed by atoms with Gasteiger partial charge in [0.15, 0.2) is 0 Å². The third-order valence-corrected chi connectivity index (χ3v) is 8.69. The van der Waals surface area contributed by atoms with Gasteiger partial charge >= 0.3 is 11.9 Å². The number of aromatic nitrogens is 4. The van der Waals surface area contributed by atoms with Crippen molar-refractivity contribution in [1.82, 2.24) is 25.5 Å². The zero-order chi connectivity index (χ0) is 33.7. The van der Waals surface area contributed by atoms with Crippen LogP contribution in [0, 0.1) is 5.92 Å². The number of aliphatic hydroxyl groups excluding tert-OH is 1. The number of hydrogen-bond donors (Lipinski definition) is 2. The van der Waals surface area contributed by atoms with Gasteiger partial charge in [0, 0.05) is 25.6 Å². The van der Waals surface area contributed by atoms with E-state index in [1.165, 1.54) is 13.0 Å². The lowest BCUT2D eigenvalue weighted by molar-refractivity contribution is -0.161. The Bertz CT molecular complexity index is 1530. The Morgan fingerprint density at radius 1 is 1.23 bits per heavy atom. The average Bonchev–Trinajstić information content (AvgIpc) is 3.68. The van der Waals surface area contributed by atoms with Crippen LogP contribution in [-0.4, -0.2) is 98.0 Å². The molecule has 1 unspecified atom stereocenters. The molecule has 3 saturated heterocycles. The Morgan fingerprint density at radius 3 is 2.77 bits per heavy atom. The first kappa shape index (κ1) is 34.4. The van der Waals surface area contributed by atoms with Crippen molar-refractivity contribution in [2.45, 2.75) is 109 Å². The van der Waals surface area contributed by atoms with Crippen molar-refractivity contribution in [1.29, 1.82) is 0 Å². The van der Waals surface area contributed by atoms with E-state index in [0.717, 1.165) is 16.8 Å². The summed E-state index contributed by atoms with van der Waals surface area (Å²) in [6.45, 7) is 9.41. The Hall–Kier alpha value is -3.98. The molecule has 9 atom stereocenters. The molecule has 0 aromatic carbocycles. The van der Waals surface area contributed by atoms with E-state index in [1.807, 2.05) is 19.9 Å². The van der Waals surface area contributed by atoms with Crippen molar-refractivity contribution in [2.75, 3.05) is 6.61 Å². The summed E-state index contributed by atoms with van der Waals surface area (Å²) in [6, 6.07) is 3.28. The number of esters is 1. The summed E-state index contributed by atoms with van der Waals surface area (Å²) in [6.07, 6.45) is 9.16. The average molecular weight is 654 g/mol. The normalized spacial score (nSPS) is 31.7. The largest absolute Gasteiger partial charge is 0.459 e. The SMILES string of the molecule is CC(=O)OC(C)C=CC(=O)N[C@@H]1C[C@H](C)[C@H](C/C=C(C)/C=C/[C@H]2O[C@H](CC(=O)On3nnc4cccnc43)C[C@@]3(CO3)[C@@H]2O)O[C@@H]1C. The zero-order valence-corrected chi connectivity index (χ0v) is 27.3. The number of pyridine rings is 1. The molecule has 3 aliphatic heterocycles. The van der Waals surface area contributed by atoms with E-state index >= 15 is 0 Å². The molecule has 3 aliphatic rings. The predicted molar refractivity (Wildman–Crippen MR) is 167 cm³/mol. The van der Waals surface area contributed by atoms with Gasteiger partial charge in [-0.1, -0.05) is 30.7 Å². The van der Waals surface area contributed by atoms with E-state index in [0.29, 0.717) is 30.6 Å². The summed E-state index contributed by atoms with van der Waals surface area (Å²) >= 11 is 0. The highest BCUT2D eigenvalue weighted by molar-refractivity contribution is 5.87. The highest BCUT2D eigenvalue weighted by Gasteiger charge is 2.58. The van der Waals surface area contributed by atoms with Crippen molar-refractivity contribution in [3.05, 3.63) is 54.3 Å². The minimum Gasteiger partial charge on any atom is -0.459 e. The van der Waals surface area contributed by atoms with E-state index in [1.54, 1.807) is 37.4 Å². The van der Waals surface area contributed by atoms with Crippen LogP contribution in [0.3, 0.4) is 0 Å². The fourth-order valence-corrected chi connectivity index (χ4v) is 6.01. The minimum absolute atomic E-state index is 0.0339. The fraction of sp³-hybridized carbons (Fsp3) is 0.576. The molecule has 254 valence electrons. The quantitative estimate of drug-likeness (QED) is 0.119. The van der Waals surface area contributed by atoms with Gasteiger partial charge in [0.1, 0.15) is 29.4 Å². The molecule has 14 nitrogen and oxygen atoms in total. The maximum absolute atomic E-state index is 12.8. The van der Waals surface area contributed by atoms with Gasteiger partial charge in [-0.05, 0) is 67.8 Å². The summed E-state index contributed by atoms with van der Waals surface area (Å²) in [5.41, 5.74) is 1.05. The maximum Gasteiger partial charge on any atom is 0.337 e. The number of aliphatic hydroxyl groups is 1. The third-order valence-electron chi connectivity index (χ3n) is 8.69. The summed E-state index contributed by atoms with van der Waals surface area (Å²) in [4.78, 5) is 46.7. The Labute approximate surface area is 273 Å². The van der Waals surface area contributed by atoms with Gasteiger partial charge in [0.2, 0.25) is 11.6 Å². The van der Waals surface area contributed by atoms with Crippen LogP contribution in [0.1, 0.15) is 60.3 Å². The van der Waals surface area contributed by atoms with Gasteiger partial charge in [-0.2, -0.15) is 0 Å². The van der Waals surface area contributed by atoms with Crippen molar-refractivity contribution in [2.24, 2.45) is 5.92 Å². The number of ether oxygens (including phenoxy) is 4. The van der Waals surface area contributed by atoms with Gasteiger partial charge < -0.3 is 34.2 Å². The van der Waals surface area contributed by atoms with E-state index in [4.69, 9.17) is 23.8 Å². The molecule has 2 aromatic rings. The van der Waals surface area contributed by atoms with Gasteiger partial charge in [0.25, 0.3) is 0 Å². The Balaban J connectivity index is 1.11. The van der Waals surface area contributed by atoms with Crippen molar-refractivity contribution >= 4 is 29.0 Å². The molecular formula is C33H43N5O9. The topological polar surface area (TPSA) is 177 Å². The van der Waals surface area contributed by atoms with Crippen LogP contribution in [0.4, 0.5) is 0 Å². The second kappa shape index (κ2) is 14.8. The van der Waals surface area contributed by atoms with Crippen LogP contribution in [0.15, 0.2) is 54.3 Å². The van der Waals surface area contributed by atoms with E-state index < -0.39 is 42.0 Å². The van der Waals surface area contributed by atoms with Crippen LogP contribution in [0.2, 0.25) is 0 Å². The summed E-state index contributed by atoms with van der Waals surface area (Å²) < 4.78 is 23.1. The Morgan fingerprint density at radius 2 is 2.02 bits per heavy atom. The molecule has 2 aromatic heterocycles. The van der Waals surface area contributed by atoms with Crippen molar-refractivity contribution in [3.63, 3.8) is 0 Å². The second-order valence-electron chi connectivity index (χ2n) is 12.6. The number of allylic oxidation sites excluding steroid dienone is 2. The molecule has 1 spiro atoms. The predicted octanol–water partition coefficient (Wildman–Crippen LogP) is 2.16. The van der Waals surface area contributed by atoms with Crippen LogP contribution in [0.5, 0.6) is 0 Å². The van der Waals surface area contributed by atoms with Gasteiger partial charge in [-0.3, -0.25) is 9.59 Å². The van der Waals surface area contributed by atoms with Crippen molar-refractivity contribution in [3.8, 4) is 0 Å². The molecule has 5 rings (SSSR count). The lowest BCUT2D eigenvalue weighted by Crippen LogP contribution is -2.50. The summed E-state index contributed by atoms with van der Waals surface area (Å²) in [7, 11) is 0. The van der Waals surface area contributed by atoms with Crippen molar-refractivity contribution < 1.29 is 43.3 Å². The standard InChI is InChI=1S/C33H43N5O9/c1-19(8-11-27-20(2)15-26(22(4)45-27)35-29(40)13-10-21(3)44-23(5)39)9-12-28-31(42)33(18-43-33)17-24(46-28)16-30(41)47-38-32-25(36-37-38)7-6-14-34-32/h6-10,12-14,20-22,24,26-28,31,42H,11,15-18H2,1-5H3,(H,35,40)/b12-9+,13-10?,19-8+/t20-,21?,22+,24+,26+,27-,28+,31+,33+/m0/s1. The summed E-state index contributed by atoms with van der Waals surface area (Å²) in [5.74, 6) is -1.04. The fourth-order valence-electron chi connectivity index (χ4n) is 6.01. The van der Waals surface area contributed by atoms with Crippen LogP contribution >= 0.6 is 0 Å². The molecule has 14 heteroatoms. The molecule has 2 N–H and O–H groups in total. The molecule has 1 amide bonds. The highest BCUT2D eigenvalue weighted by Crippen LogP contribution is 2.43. The number of carbonyl (C=O) groups excluding carboxylic acids is 3. The first-order chi connectivity index (χ1) is 22.4. The molecule has 47 heavy (non-hydrogen) atoms. The first-order valence-electron chi connectivity index (χ1n) is 15.9. The number of rotatable bonds is 11. The van der Waals surface area contributed by atoms with E-state index in [2.05, 4.69) is 33.6 Å². The zero-order valence-electron chi connectivity index (χ0n) is 27.3. The molecule has 0 aliphatic carbocycles. The number of carbonyl (C=O) groups is 3. The number of fused-ring (bicyclic) bond motifs is 1. The van der Waals surface area contributed by atoms with E-state index in [9.17, 15) is 19.5 Å². The second-order valence-corrected chi connectivity index (χ2v) is 12.6.